The monoisotopic (exact) mass is 409 g/mol. The van der Waals surface area contributed by atoms with Gasteiger partial charge >= 0.3 is 0 Å². The highest BCUT2D eigenvalue weighted by molar-refractivity contribution is 6.35. The number of carbonyl (C=O) groups is 3. The molecule has 1 aliphatic rings. The summed E-state index contributed by atoms with van der Waals surface area (Å²) in [6.45, 7) is 3.74. The molecule has 3 amide bonds. The summed E-state index contributed by atoms with van der Waals surface area (Å²) in [6.07, 6.45) is 0. The predicted octanol–water partition coefficient (Wildman–Crippen LogP) is 4.25. The SMILES string of the molecule is Cc1ccc(C)c(N2C(=O)c3ccc(C(=O)N(C)c4cccc(C#N)c4)cc3C2=O)c1. The molecule has 0 bridgehead atoms. The summed E-state index contributed by atoms with van der Waals surface area (Å²) < 4.78 is 0. The molecule has 0 atom stereocenters. The van der Waals surface area contributed by atoms with Crippen molar-refractivity contribution < 1.29 is 14.4 Å². The zero-order chi connectivity index (χ0) is 22.3. The highest BCUT2D eigenvalue weighted by Gasteiger charge is 2.38. The maximum atomic E-state index is 13.1. The number of anilines is 2. The van der Waals surface area contributed by atoms with Gasteiger partial charge in [0.05, 0.1) is 28.4 Å². The highest BCUT2D eigenvalue weighted by atomic mass is 16.2. The van der Waals surface area contributed by atoms with Crippen LogP contribution in [0.5, 0.6) is 0 Å². The molecule has 1 heterocycles. The third kappa shape index (κ3) is 3.36. The summed E-state index contributed by atoms with van der Waals surface area (Å²) in [7, 11) is 1.60. The van der Waals surface area contributed by atoms with Crippen molar-refractivity contribution in [1.29, 1.82) is 5.26 Å². The lowest BCUT2D eigenvalue weighted by molar-refractivity contribution is 0.0925. The summed E-state index contributed by atoms with van der Waals surface area (Å²) in [6, 6.07) is 18.9. The second-order valence-corrected chi connectivity index (χ2v) is 7.52. The fourth-order valence-electron chi connectivity index (χ4n) is 3.65. The van der Waals surface area contributed by atoms with Gasteiger partial charge in [-0.1, -0.05) is 18.2 Å². The zero-order valence-electron chi connectivity index (χ0n) is 17.3. The molecule has 0 saturated heterocycles. The normalized spacial score (nSPS) is 12.5. The lowest BCUT2D eigenvalue weighted by Gasteiger charge is -2.18. The van der Waals surface area contributed by atoms with Gasteiger partial charge in [-0.2, -0.15) is 5.26 Å². The second-order valence-electron chi connectivity index (χ2n) is 7.52. The molecule has 31 heavy (non-hydrogen) atoms. The Bertz CT molecular complexity index is 1300. The minimum absolute atomic E-state index is 0.205. The topological polar surface area (TPSA) is 81.5 Å². The number of nitrogens with zero attached hydrogens (tertiary/aromatic N) is 3. The van der Waals surface area contributed by atoms with Crippen LogP contribution in [0.15, 0.2) is 60.7 Å². The largest absolute Gasteiger partial charge is 0.311 e. The van der Waals surface area contributed by atoms with Crippen molar-refractivity contribution in [3.8, 4) is 6.07 Å². The average molecular weight is 409 g/mol. The number of benzene rings is 3. The number of amides is 3. The number of carbonyl (C=O) groups excluding carboxylic acids is 3. The number of fused-ring (bicyclic) bond motifs is 1. The Hall–Kier alpha value is -4.24. The number of imide groups is 1. The van der Waals surface area contributed by atoms with Gasteiger partial charge in [0.15, 0.2) is 0 Å². The number of aryl methyl sites for hydroxylation is 2. The molecule has 0 aromatic heterocycles. The van der Waals surface area contributed by atoms with Gasteiger partial charge in [-0.3, -0.25) is 14.4 Å². The quantitative estimate of drug-likeness (QED) is 0.606. The first-order valence-corrected chi connectivity index (χ1v) is 9.70. The van der Waals surface area contributed by atoms with Crippen molar-refractivity contribution in [3.05, 3.63) is 94.0 Å². The van der Waals surface area contributed by atoms with E-state index >= 15 is 0 Å². The molecule has 0 unspecified atom stereocenters. The van der Waals surface area contributed by atoms with Gasteiger partial charge in [-0.15, -0.1) is 0 Å². The van der Waals surface area contributed by atoms with E-state index in [9.17, 15) is 14.4 Å². The molecular weight excluding hydrogens is 390 g/mol. The van der Waals surface area contributed by atoms with Crippen LogP contribution in [0.3, 0.4) is 0 Å². The summed E-state index contributed by atoms with van der Waals surface area (Å²) in [4.78, 5) is 41.7. The Morgan fingerprint density at radius 1 is 0.935 bits per heavy atom. The first-order valence-electron chi connectivity index (χ1n) is 9.70. The maximum Gasteiger partial charge on any atom is 0.266 e. The second kappa shape index (κ2) is 7.54. The summed E-state index contributed by atoms with van der Waals surface area (Å²) in [5, 5.41) is 9.09. The van der Waals surface area contributed by atoms with Crippen LogP contribution in [0.2, 0.25) is 0 Å². The number of hydrogen-bond donors (Lipinski definition) is 0. The van der Waals surface area contributed by atoms with Crippen LogP contribution in [-0.2, 0) is 0 Å². The van der Waals surface area contributed by atoms with Gasteiger partial charge in [-0.05, 0) is 67.4 Å². The standard InChI is InChI=1S/C25H19N3O3/c1-15-7-8-16(2)22(11-15)28-24(30)20-10-9-18(13-21(20)25(28)31)23(29)27(3)19-6-4-5-17(12-19)14-26/h4-13H,1-3H3. The van der Waals surface area contributed by atoms with E-state index in [2.05, 4.69) is 0 Å². The van der Waals surface area contributed by atoms with Crippen LogP contribution in [0.25, 0.3) is 0 Å². The smallest absolute Gasteiger partial charge is 0.266 e. The molecule has 0 spiro atoms. The Labute approximate surface area is 179 Å². The molecular formula is C25H19N3O3. The number of nitriles is 1. The van der Waals surface area contributed by atoms with Crippen molar-refractivity contribution in [1.82, 2.24) is 0 Å². The Balaban J connectivity index is 1.69. The van der Waals surface area contributed by atoms with E-state index in [-0.39, 0.29) is 22.6 Å². The van der Waals surface area contributed by atoms with Crippen molar-refractivity contribution in [3.63, 3.8) is 0 Å². The highest BCUT2D eigenvalue weighted by Crippen LogP contribution is 2.32. The van der Waals surface area contributed by atoms with Crippen LogP contribution in [-0.4, -0.2) is 24.8 Å². The van der Waals surface area contributed by atoms with E-state index in [1.54, 1.807) is 43.4 Å². The van der Waals surface area contributed by atoms with Gasteiger partial charge in [0.1, 0.15) is 0 Å². The predicted molar refractivity (Wildman–Crippen MR) is 117 cm³/mol. The van der Waals surface area contributed by atoms with Crippen molar-refractivity contribution in [2.75, 3.05) is 16.8 Å². The molecule has 6 heteroatoms. The van der Waals surface area contributed by atoms with E-state index in [4.69, 9.17) is 5.26 Å². The van der Waals surface area contributed by atoms with E-state index in [0.29, 0.717) is 16.9 Å². The van der Waals surface area contributed by atoms with Gasteiger partial charge in [0, 0.05) is 18.3 Å². The molecule has 0 saturated carbocycles. The zero-order valence-corrected chi connectivity index (χ0v) is 17.3. The lowest BCUT2D eigenvalue weighted by Crippen LogP contribution is -2.30. The van der Waals surface area contributed by atoms with Crippen LogP contribution >= 0.6 is 0 Å². The van der Waals surface area contributed by atoms with E-state index in [1.807, 2.05) is 32.0 Å². The van der Waals surface area contributed by atoms with Gasteiger partial charge in [0.2, 0.25) is 0 Å². The molecule has 152 valence electrons. The summed E-state index contributed by atoms with van der Waals surface area (Å²) in [5.41, 5.74) is 4.06. The Kier molecular flexibility index (Phi) is 4.88. The Morgan fingerprint density at radius 3 is 2.42 bits per heavy atom. The van der Waals surface area contributed by atoms with Crippen LogP contribution in [0.4, 0.5) is 11.4 Å². The Morgan fingerprint density at radius 2 is 1.68 bits per heavy atom. The van der Waals surface area contributed by atoms with Gasteiger partial charge in [0.25, 0.3) is 17.7 Å². The fraction of sp³-hybridized carbons (Fsp3) is 0.120. The lowest BCUT2D eigenvalue weighted by atomic mass is 10.0. The summed E-state index contributed by atoms with van der Waals surface area (Å²) in [5.74, 6) is -1.19. The summed E-state index contributed by atoms with van der Waals surface area (Å²) >= 11 is 0. The van der Waals surface area contributed by atoms with Crippen LogP contribution in [0.1, 0.15) is 47.8 Å². The third-order valence-corrected chi connectivity index (χ3v) is 5.41. The van der Waals surface area contributed by atoms with Gasteiger partial charge < -0.3 is 4.90 Å². The van der Waals surface area contributed by atoms with Crippen molar-refractivity contribution >= 4 is 29.1 Å². The molecule has 0 fully saturated rings. The fourth-order valence-corrected chi connectivity index (χ4v) is 3.65. The first-order chi connectivity index (χ1) is 14.8. The third-order valence-electron chi connectivity index (χ3n) is 5.41. The molecule has 3 aromatic carbocycles. The van der Waals surface area contributed by atoms with E-state index in [0.717, 1.165) is 11.1 Å². The van der Waals surface area contributed by atoms with Gasteiger partial charge in [-0.25, -0.2) is 4.90 Å². The molecule has 0 N–H and O–H groups in total. The number of rotatable bonds is 3. The van der Waals surface area contributed by atoms with Crippen LogP contribution in [0, 0.1) is 25.2 Å². The molecule has 3 aromatic rings. The van der Waals surface area contributed by atoms with E-state index in [1.165, 1.54) is 21.9 Å². The van der Waals surface area contributed by atoms with E-state index < -0.39 is 11.8 Å². The van der Waals surface area contributed by atoms with Crippen molar-refractivity contribution in [2.45, 2.75) is 13.8 Å². The molecule has 0 radical (unpaired) electrons. The minimum atomic E-state index is -0.447. The average Bonchev–Trinajstić information content (AvgIpc) is 3.04. The molecule has 0 aliphatic carbocycles. The minimum Gasteiger partial charge on any atom is -0.311 e. The van der Waals surface area contributed by atoms with Crippen molar-refractivity contribution in [2.24, 2.45) is 0 Å². The molecule has 1 aliphatic heterocycles. The molecule has 6 nitrogen and oxygen atoms in total. The first kappa shape index (κ1) is 20.0. The maximum absolute atomic E-state index is 13.1. The molecule has 4 rings (SSSR count). The number of hydrogen-bond acceptors (Lipinski definition) is 4. The van der Waals surface area contributed by atoms with Crippen LogP contribution < -0.4 is 9.80 Å².